The highest BCUT2D eigenvalue weighted by Crippen LogP contribution is 2.20. The van der Waals surface area contributed by atoms with Crippen molar-refractivity contribution in [2.75, 3.05) is 5.48 Å². The zero-order chi connectivity index (χ0) is 9.64. The maximum atomic E-state index is 5.62. The van der Waals surface area contributed by atoms with Crippen LogP contribution in [0.15, 0.2) is 30.3 Å². The van der Waals surface area contributed by atoms with Crippen LogP contribution in [0.3, 0.4) is 0 Å². The average Bonchev–Trinajstić information content (AvgIpc) is 2.29. The highest BCUT2D eigenvalue weighted by molar-refractivity contribution is 5.40. The lowest BCUT2D eigenvalue weighted by atomic mass is 9.98. The van der Waals surface area contributed by atoms with Crippen molar-refractivity contribution in [2.24, 2.45) is 0 Å². The molecule has 2 heteroatoms. The average molecular weight is 191 g/mol. The van der Waals surface area contributed by atoms with E-state index in [0.29, 0.717) is 6.10 Å². The fraction of sp³-hybridized carbons (Fsp3) is 0.500. The molecular formula is C12H17NO. The lowest BCUT2D eigenvalue weighted by Gasteiger charge is -2.21. The Balaban J connectivity index is 1.76. The van der Waals surface area contributed by atoms with Gasteiger partial charge in [0.1, 0.15) is 0 Å². The largest absolute Gasteiger partial charge is 0.273 e. The summed E-state index contributed by atoms with van der Waals surface area (Å²) in [5, 5.41) is 0. The molecule has 76 valence electrons. The number of benzene rings is 1. The molecule has 0 heterocycles. The second kappa shape index (κ2) is 5.01. The van der Waals surface area contributed by atoms with E-state index in [2.05, 4.69) is 5.48 Å². The summed E-state index contributed by atoms with van der Waals surface area (Å²) in [6.07, 6.45) is 6.77. The molecule has 0 spiro atoms. The molecular weight excluding hydrogens is 174 g/mol. The molecule has 0 aromatic heterocycles. The van der Waals surface area contributed by atoms with E-state index in [1.165, 1.54) is 32.1 Å². The monoisotopic (exact) mass is 191 g/mol. The van der Waals surface area contributed by atoms with Gasteiger partial charge in [0.05, 0.1) is 11.8 Å². The third-order valence-corrected chi connectivity index (χ3v) is 2.67. The first-order valence-electron chi connectivity index (χ1n) is 5.42. The molecule has 2 nitrogen and oxygen atoms in total. The second-order valence-corrected chi connectivity index (χ2v) is 3.85. The van der Waals surface area contributed by atoms with Gasteiger partial charge in [0, 0.05) is 0 Å². The predicted molar refractivity (Wildman–Crippen MR) is 58.0 cm³/mol. The van der Waals surface area contributed by atoms with Crippen LogP contribution >= 0.6 is 0 Å². The summed E-state index contributed by atoms with van der Waals surface area (Å²) in [7, 11) is 0. The molecule has 1 aliphatic rings. The number of anilines is 1. The molecule has 0 saturated heterocycles. The molecule has 0 aliphatic heterocycles. The third-order valence-electron chi connectivity index (χ3n) is 2.67. The Labute approximate surface area is 85.2 Å². The predicted octanol–water partition coefficient (Wildman–Crippen LogP) is 3.36. The van der Waals surface area contributed by atoms with Gasteiger partial charge in [0.25, 0.3) is 0 Å². The van der Waals surface area contributed by atoms with Crippen LogP contribution in [0.2, 0.25) is 0 Å². The van der Waals surface area contributed by atoms with Crippen LogP contribution < -0.4 is 5.48 Å². The highest BCUT2D eigenvalue weighted by Gasteiger charge is 2.13. The summed E-state index contributed by atoms with van der Waals surface area (Å²) < 4.78 is 0. The number of hydrogen-bond donors (Lipinski definition) is 1. The van der Waals surface area contributed by atoms with E-state index in [1.54, 1.807) is 0 Å². The fourth-order valence-electron chi connectivity index (χ4n) is 1.84. The number of rotatable bonds is 3. The van der Waals surface area contributed by atoms with Crippen LogP contribution in [-0.4, -0.2) is 6.10 Å². The van der Waals surface area contributed by atoms with Gasteiger partial charge in [-0.25, -0.2) is 0 Å². The van der Waals surface area contributed by atoms with Crippen molar-refractivity contribution in [1.29, 1.82) is 0 Å². The molecule has 1 aromatic rings. The molecule has 0 unspecified atom stereocenters. The molecule has 1 saturated carbocycles. The van der Waals surface area contributed by atoms with Crippen LogP contribution in [-0.2, 0) is 4.84 Å². The van der Waals surface area contributed by atoms with E-state index in [-0.39, 0.29) is 0 Å². The zero-order valence-corrected chi connectivity index (χ0v) is 8.41. The van der Waals surface area contributed by atoms with Gasteiger partial charge in [-0.05, 0) is 25.0 Å². The first kappa shape index (κ1) is 9.53. The Morgan fingerprint density at radius 3 is 2.43 bits per heavy atom. The molecule has 0 atom stereocenters. The molecule has 0 bridgehead atoms. The van der Waals surface area contributed by atoms with Crippen LogP contribution in [0, 0.1) is 0 Å². The minimum absolute atomic E-state index is 0.406. The smallest absolute Gasteiger partial charge is 0.0854 e. The maximum absolute atomic E-state index is 5.62. The Kier molecular flexibility index (Phi) is 3.41. The fourth-order valence-corrected chi connectivity index (χ4v) is 1.84. The highest BCUT2D eigenvalue weighted by atomic mass is 16.7. The summed E-state index contributed by atoms with van der Waals surface area (Å²) in [4.78, 5) is 5.62. The molecule has 1 aliphatic carbocycles. The minimum atomic E-state index is 0.406. The van der Waals surface area contributed by atoms with Crippen molar-refractivity contribution in [3.8, 4) is 0 Å². The van der Waals surface area contributed by atoms with Gasteiger partial charge in [-0.1, -0.05) is 37.5 Å². The number of nitrogens with one attached hydrogen (secondary N) is 1. The van der Waals surface area contributed by atoms with E-state index in [4.69, 9.17) is 4.84 Å². The first-order valence-corrected chi connectivity index (χ1v) is 5.42. The van der Waals surface area contributed by atoms with E-state index in [9.17, 15) is 0 Å². The Bertz CT molecular complexity index is 254. The molecule has 1 fully saturated rings. The van der Waals surface area contributed by atoms with Crippen molar-refractivity contribution in [1.82, 2.24) is 0 Å². The lowest BCUT2D eigenvalue weighted by Crippen LogP contribution is -2.19. The Morgan fingerprint density at radius 2 is 1.71 bits per heavy atom. The Hall–Kier alpha value is -1.02. The van der Waals surface area contributed by atoms with Gasteiger partial charge < -0.3 is 0 Å². The summed E-state index contributed by atoms with van der Waals surface area (Å²) in [5.41, 5.74) is 4.05. The second-order valence-electron chi connectivity index (χ2n) is 3.85. The van der Waals surface area contributed by atoms with E-state index in [1.807, 2.05) is 30.3 Å². The van der Waals surface area contributed by atoms with Gasteiger partial charge in [0.15, 0.2) is 0 Å². The quantitative estimate of drug-likeness (QED) is 0.740. The van der Waals surface area contributed by atoms with E-state index < -0.39 is 0 Å². The van der Waals surface area contributed by atoms with Crippen molar-refractivity contribution in [3.05, 3.63) is 30.3 Å². The van der Waals surface area contributed by atoms with Crippen LogP contribution in [0.5, 0.6) is 0 Å². The maximum Gasteiger partial charge on any atom is 0.0854 e. The van der Waals surface area contributed by atoms with Gasteiger partial charge in [-0.15, -0.1) is 0 Å². The first-order chi connectivity index (χ1) is 6.95. The number of hydrogen-bond acceptors (Lipinski definition) is 2. The third kappa shape index (κ3) is 2.74. The van der Waals surface area contributed by atoms with E-state index in [0.717, 1.165) is 5.69 Å². The SMILES string of the molecule is c1ccc(NOC2CCCCC2)cc1. The summed E-state index contributed by atoms with van der Waals surface area (Å²) >= 11 is 0. The molecule has 0 amide bonds. The summed E-state index contributed by atoms with van der Waals surface area (Å²) in [5.74, 6) is 0. The van der Waals surface area contributed by atoms with Gasteiger partial charge >= 0.3 is 0 Å². The van der Waals surface area contributed by atoms with Crippen molar-refractivity contribution >= 4 is 5.69 Å². The molecule has 2 rings (SSSR count). The topological polar surface area (TPSA) is 21.3 Å². The van der Waals surface area contributed by atoms with Crippen molar-refractivity contribution in [3.63, 3.8) is 0 Å². The van der Waals surface area contributed by atoms with Crippen LogP contribution in [0.4, 0.5) is 5.69 Å². The molecule has 1 N–H and O–H groups in total. The molecule has 0 radical (unpaired) electrons. The summed E-state index contributed by atoms with van der Waals surface area (Å²) in [6, 6.07) is 10.1. The zero-order valence-electron chi connectivity index (χ0n) is 8.41. The van der Waals surface area contributed by atoms with Crippen molar-refractivity contribution < 1.29 is 4.84 Å². The van der Waals surface area contributed by atoms with Gasteiger partial charge in [0.2, 0.25) is 0 Å². The van der Waals surface area contributed by atoms with Crippen LogP contribution in [0.25, 0.3) is 0 Å². The minimum Gasteiger partial charge on any atom is -0.273 e. The van der Waals surface area contributed by atoms with E-state index >= 15 is 0 Å². The van der Waals surface area contributed by atoms with Gasteiger partial charge in [-0.2, -0.15) is 0 Å². The lowest BCUT2D eigenvalue weighted by molar-refractivity contribution is 0.0686. The van der Waals surface area contributed by atoms with Crippen LogP contribution in [0.1, 0.15) is 32.1 Å². The van der Waals surface area contributed by atoms with Crippen molar-refractivity contribution in [2.45, 2.75) is 38.2 Å². The molecule has 1 aromatic carbocycles. The standard InChI is InChI=1S/C12H17NO/c1-3-7-11(8-4-1)13-14-12-9-5-2-6-10-12/h1,3-4,7-8,12-13H,2,5-6,9-10H2. The number of para-hydroxylation sites is 1. The van der Waals surface area contributed by atoms with Gasteiger partial charge in [-0.3, -0.25) is 10.3 Å². The normalized spacial score (nSPS) is 18.0. The molecule has 14 heavy (non-hydrogen) atoms. The Morgan fingerprint density at radius 1 is 1.00 bits per heavy atom. The summed E-state index contributed by atoms with van der Waals surface area (Å²) in [6.45, 7) is 0.